The van der Waals surface area contributed by atoms with Gasteiger partial charge in [-0.3, -0.25) is 4.79 Å². The summed E-state index contributed by atoms with van der Waals surface area (Å²) in [7, 11) is 0. The van der Waals surface area contributed by atoms with E-state index in [1.807, 2.05) is 0 Å². The summed E-state index contributed by atoms with van der Waals surface area (Å²) in [6.07, 6.45) is 52.6. The fourth-order valence-corrected chi connectivity index (χ4v) is 11.3. The average molecular weight is 1180 g/mol. The molecule has 2 heterocycles. The van der Waals surface area contributed by atoms with Gasteiger partial charge in [0.25, 0.3) is 0 Å². The van der Waals surface area contributed by atoms with Gasteiger partial charge in [0.1, 0.15) is 48.8 Å². The van der Waals surface area contributed by atoms with Crippen LogP contribution in [-0.4, -0.2) is 140 Å². The molecule has 0 spiro atoms. The van der Waals surface area contributed by atoms with E-state index in [-0.39, 0.29) is 12.5 Å². The summed E-state index contributed by atoms with van der Waals surface area (Å²) in [6, 6.07) is -0.829. The minimum absolute atomic E-state index is 0.203. The lowest BCUT2D eigenvalue weighted by molar-refractivity contribution is -0.359. The predicted octanol–water partition coefficient (Wildman–Crippen LogP) is 13.5. The average Bonchev–Trinajstić information content (AvgIpc) is 3.64. The fourth-order valence-electron chi connectivity index (χ4n) is 11.3. The van der Waals surface area contributed by atoms with E-state index in [4.69, 9.17) is 18.9 Å². The molecule has 9 N–H and O–H groups in total. The molecule has 0 bridgehead atoms. The Balaban J connectivity index is 1.64. The van der Waals surface area contributed by atoms with Crippen molar-refractivity contribution in [3.05, 3.63) is 48.6 Å². The summed E-state index contributed by atoms with van der Waals surface area (Å²) in [5.74, 6) is -0.203. The highest BCUT2D eigenvalue weighted by Crippen LogP contribution is 2.30. The molecule has 1 amide bonds. The molecule has 2 saturated heterocycles. The number of amides is 1. The molecule has 486 valence electrons. The number of carbonyl (C=O) groups excluding carboxylic acids is 1. The standard InChI is InChI=1S/C69H127NO13/c1-3-5-7-9-11-13-15-17-19-21-23-24-25-26-27-28-29-30-31-32-33-34-35-37-39-41-43-45-47-49-51-53-61(74)70-57(58(73)52-50-48-46-44-42-40-38-36-22-20-18-16-14-12-10-8-6-4-2)56-80-68-66(79)64(77)67(60(55-72)82-68)83-69-65(78)63(76)62(75)59(54-71)81-69/h5,7,11,13,17,19,23-24,57-60,62-69,71-73,75-79H,3-4,6,8-10,12,14-16,18,20-22,25-56H2,1-2H3,(H,70,74)/b7-5-,13-11-,19-17-,24-23-. The number of rotatable bonds is 56. The lowest BCUT2D eigenvalue weighted by atomic mass is 9.97. The minimum atomic E-state index is -1.78. The summed E-state index contributed by atoms with van der Waals surface area (Å²) in [4.78, 5) is 13.3. The van der Waals surface area contributed by atoms with Crippen LogP contribution in [0.3, 0.4) is 0 Å². The van der Waals surface area contributed by atoms with Crippen molar-refractivity contribution < 1.29 is 64.6 Å². The van der Waals surface area contributed by atoms with Gasteiger partial charge < -0.3 is 65.1 Å². The van der Waals surface area contributed by atoms with Gasteiger partial charge in [-0.05, 0) is 51.4 Å². The molecule has 2 aliphatic rings. The van der Waals surface area contributed by atoms with Crippen molar-refractivity contribution in [1.29, 1.82) is 0 Å². The van der Waals surface area contributed by atoms with Crippen LogP contribution in [0, 0.1) is 0 Å². The number of aliphatic hydroxyl groups is 8. The van der Waals surface area contributed by atoms with Crippen LogP contribution in [0.25, 0.3) is 0 Å². The first kappa shape index (κ1) is 77.0. The molecule has 12 atom stereocenters. The van der Waals surface area contributed by atoms with Gasteiger partial charge in [0.05, 0.1) is 32.0 Å². The lowest BCUT2D eigenvalue weighted by Gasteiger charge is -2.46. The van der Waals surface area contributed by atoms with E-state index in [1.165, 1.54) is 186 Å². The largest absolute Gasteiger partial charge is 0.394 e. The van der Waals surface area contributed by atoms with Crippen LogP contribution >= 0.6 is 0 Å². The van der Waals surface area contributed by atoms with Crippen molar-refractivity contribution in [3.8, 4) is 0 Å². The van der Waals surface area contributed by atoms with Crippen LogP contribution in [0.4, 0.5) is 0 Å². The smallest absolute Gasteiger partial charge is 0.220 e. The second-order valence-corrected chi connectivity index (χ2v) is 24.3. The Bertz CT molecular complexity index is 1580. The molecular formula is C69H127NO13. The third-order valence-corrected chi connectivity index (χ3v) is 16.8. The number of carbonyl (C=O) groups is 1. The van der Waals surface area contributed by atoms with Gasteiger partial charge in [0, 0.05) is 6.42 Å². The van der Waals surface area contributed by atoms with Crippen molar-refractivity contribution in [2.24, 2.45) is 0 Å². The molecule has 0 saturated carbocycles. The number of hydrogen-bond acceptors (Lipinski definition) is 13. The molecule has 83 heavy (non-hydrogen) atoms. The summed E-state index contributed by atoms with van der Waals surface area (Å²) in [6.45, 7) is 2.78. The van der Waals surface area contributed by atoms with Gasteiger partial charge in [0.15, 0.2) is 12.6 Å². The molecule has 2 aliphatic heterocycles. The zero-order chi connectivity index (χ0) is 60.2. The summed E-state index contributed by atoms with van der Waals surface area (Å²) in [5.41, 5.74) is 0. The molecule has 14 heteroatoms. The van der Waals surface area contributed by atoms with Crippen LogP contribution in [0.15, 0.2) is 48.6 Å². The minimum Gasteiger partial charge on any atom is -0.394 e. The first-order valence-electron chi connectivity index (χ1n) is 34.4. The first-order valence-corrected chi connectivity index (χ1v) is 34.4. The van der Waals surface area contributed by atoms with E-state index in [0.717, 1.165) is 77.0 Å². The van der Waals surface area contributed by atoms with Gasteiger partial charge in [0.2, 0.25) is 5.91 Å². The van der Waals surface area contributed by atoms with Crippen molar-refractivity contribution in [2.45, 2.75) is 364 Å². The molecule has 14 nitrogen and oxygen atoms in total. The van der Waals surface area contributed by atoms with E-state index in [2.05, 4.69) is 67.8 Å². The van der Waals surface area contributed by atoms with E-state index < -0.39 is 86.8 Å². The maximum atomic E-state index is 13.3. The van der Waals surface area contributed by atoms with E-state index in [1.54, 1.807) is 0 Å². The molecular weight excluding hydrogens is 1050 g/mol. The molecule has 12 unspecified atom stereocenters. The first-order chi connectivity index (χ1) is 40.6. The highest BCUT2D eigenvalue weighted by Gasteiger charge is 2.51. The maximum absolute atomic E-state index is 13.3. The third kappa shape index (κ3) is 38.8. The summed E-state index contributed by atoms with van der Waals surface area (Å²) < 4.78 is 22.9. The lowest BCUT2D eigenvalue weighted by Crippen LogP contribution is -2.65. The van der Waals surface area contributed by atoms with Gasteiger partial charge in [-0.1, -0.05) is 281 Å². The molecule has 2 fully saturated rings. The Kier molecular flexibility index (Phi) is 50.2. The summed E-state index contributed by atoms with van der Waals surface area (Å²) >= 11 is 0. The zero-order valence-electron chi connectivity index (χ0n) is 52.7. The summed E-state index contributed by atoms with van der Waals surface area (Å²) in [5, 5.41) is 87.5. The quantitative estimate of drug-likeness (QED) is 0.0204. The van der Waals surface area contributed by atoms with Crippen molar-refractivity contribution in [2.75, 3.05) is 19.8 Å². The van der Waals surface area contributed by atoms with Gasteiger partial charge in [-0.15, -0.1) is 0 Å². The van der Waals surface area contributed by atoms with Crippen molar-refractivity contribution in [1.82, 2.24) is 5.32 Å². The van der Waals surface area contributed by atoms with E-state index >= 15 is 0 Å². The third-order valence-electron chi connectivity index (χ3n) is 16.8. The van der Waals surface area contributed by atoms with Crippen LogP contribution in [0.2, 0.25) is 0 Å². The zero-order valence-corrected chi connectivity index (χ0v) is 52.7. The normalized spacial score (nSPS) is 24.1. The van der Waals surface area contributed by atoms with E-state index in [0.29, 0.717) is 12.8 Å². The predicted molar refractivity (Wildman–Crippen MR) is 337 cm³/mol. The number of aliphatic hydroxyl groups excluding tert-OH is 8. The monoisotopic (exact) mass is 1180 g/mol. The van der Waals surface area contributed by atoms with Crippen LogP contribution < -0.4 is 5.32 Å². The SMILES string of the molecule is CC/C=C\C/C=C\C/C=C\C/C=C\CCCCCCCCCCCCCCCCCCCCC(=O)NC(COC1OC(CO)C(OC2OC(CO)C(O)C(O)C2O)C(O)C1O)C(O)CCCCCCCCCCCCCCCCCCCC. The van der Waals surface area contributed by atoms with Crippen LogP contribution in [0.5, 0.6) is 0 Å². The Morgan fingerprint density at radius 2 is 0.831 bits per heavy atom. The van der Waals surface area contributed by atoms with Gasteiger partial charge >= 0.3 is 0 Å². The molecule has 0 aliphatic carbocycles. The Morgan fingerprint density at radius 3 is 1.28 bits per heavy atom. The second kappa shape index (κ2) is 54.1. The second-order valence-electron chi connectivity index (χ2n) is 24.3. The van der Waals surface area contributed by atoms with Gasteiger partial charge in [-0.2, -0.15) is 0 Å². The molecule has 0 radical (unpaired) electrons. The number of nitrogens with one attached hydrogen (secondary N) is 1. The number of allylic oxidation sites excluding steroid dienone is 8. The van der Waals surface area contributed by atoms with Gasteiger partial charge in [-0.25, -0.2) is 0 Å². The molecule has 0 aromatic rings. The highest BCUT2D eigenvalue weighted by atomic mass is 16.7. The highest BCUT2D eigenvalue weighted by molar-refractivity contribution is 5.76. The van der Waals surface area contributed by atoms with Crippen LogP contribution in [0.1, 0.15) is 290 Å². The molecule has 0 aromatic carbocycles. The number of ether oxygens (including phenoxy) is 4. The number of unbranched alkanes of at least 4 members (excludes halogenated alkanes) is 35. The topological polar surface area (TPSA) is 228 Å². The van der Waals surface area contributed by atoms with Crippen LogP contribution in [-0.2, 0) is 23.7 Å². The Morgan fingerprint density at radius 1 is 0.446 bits per heavy atom. The maximum Gasteiger partial charge on any atom is 0.220 e. The van der Waals surface area contributed by atoms with Crippen molar-refractivity contribution in [3.63, 3.8) is 0 Å². The van der Waals surface area contributed by atoms with Crippen molar-refractivity contribution >= 4 is 5.91 Å². The number of hydrogen-bond donors (Lipinski definition) is 9. The van der Waals surface area contributed by atoms with E-state index in [9.17, 15) is 45.6 Å². The molecule has 2 rings (SSSR count). The fraction of sp³-hybridized carbons (Fsp3) is 0.870. The molecule has 0 aromatic heterocycles. The Labute approximate surface area is 505 Å². The Hall–Kier alpha value is -2.05.